The second-order valence-electron chi connectivity index (χ2n) is 9.14. The molecule has 4 saturated carbocycles. The zero-order chi connectivity index (χ0) is 18.6. The Hall–Kier alpha value is -1.43. The summed E-state index contributed by atoms with van der Waals surface area (Å²) in [4.78, 5) is 19.9. The van der Waals surface area contributed by atoms with Crippen LogP contribution in [0.2, 0.25) is 0 Å². The van der Waals surface area contributed by atoms with Gasteiger partial charge in [-0.1, -0.05) is 25.4 Å². The standard InChI is InChI=1S/C20H31N3O3/c1-4-15-21-16(26-22-15)10-23(6-3)17(24)19-8-14-7-18(5-2,11-19)12-20(25,9-14)13-19/h14,25H,4-13H2,1-3H3. The second kappa shape index (κ2) is 6.04. The molecule has 1 aromatic rings. The molecule has 1 aromatic heterocycles. The summed E-state index contributed by atoms with van der Waals surface area (Å²) in [5.41, 5.74) is -0.915. The minimum Gasteiger partial charge on any atom is -0.390 e. The van der Waals surface area contributed by atoms with Gasteiger partial charge in [-0.3, -0.25) is 4.79 Å². The summed E-state index contributed by atoms with van der Waals surface area (Å²) >= 11 is 0. The van der Waals surface area contributed by atoms with E-state index in [2.05, 4.69) is 17.1 Å². The maximum Gasteiger partial charge on any atom is 0.246 e. The van der Waals surface area contributed by atoms with Crippen molar-refractivity contribution in [2.24, 2.45) is 16.7 Å². The summed E-state index contributed by atoms with van der Waals surface area (Å²) in [7, 11) is 0. The first-order valence-corrected chi connectivity index (χ1v) is 10.2. The van der Waals surface area contributed by atoms with Crippen LogP contribution < -0.4 is 0 Å². The maximum atomic E-state index is 13.6. The number of amides is 1. The van der Waals surface area contributed by atoms with Crippen molar-refractivity contribution in [2.45, 2.75) is 84.3 Å². The van der Waals surface area contributed by atoms with Crippen LogP contribution in [0.15, 0.2) is 4.52 Å². The van der Waals surface area contributed by atoms with E-state index in [0.717, 1.165) is 38.5 Å². The number of nitrogens with zero attached hydrogens (tertiary/aromatic N) is 3. The maximum absolute atomic E-state index is 13.6. The van der Waals surface area contributed by atoms with Gasteiger partial charge in [-0.2, -0.15) is 4.98 Å². The highest BCUT2D eigenvalue weighted by Crippen LogP contribution is 2.68. The largest absolute Gasteiger partial charge is 0.390 e. The van der Waals surface area contributed by atoms with Crippen molar-refractivity contribution in [3.63, 3.8) is 0 Å². The lowest BCUT2D eigenvalue weighted by Gasteiger charge is -2.64. The fourth-order valence-corrected chi connectivity index (χ4v) is 6.54. The molecule has 4 unspecified atom stereocenters. The first-order chi connectivity index (χ1) is 12.3. The molecule has 6 heteroatoms. The molecule has 26 heavy (non-hydrogen) atoms. The third-order valence-corrected chi connectivity index (χ3v) is 7.18. The Morgan fingerprint density at radius 3 is 2.65 bits per heavy atom. The minimum atomic E-state index is -0.648. The number of hydrogen-bond donors (Lipinski definition) is 1. The summed E-state index contributed by atoms with van der Waals surface area (Å²) in [6.07, 6.45) is 7.17. The van der Waals surface area contributed by atoms with Gasteiger partial charge >= 0.3 is 0 Å². The van der Waals surface area contributed by atoms with Crippen molar-refractivity contribution < 1.29 is 14.4 Å². The van der Waals surface area contributed by atoms with Gasteiger partial charge in [0.1, 0.15) is 0 Å². The molecule has 0 spiro atoms. The fourth-order valence-electron chi connectivity index (χ4n) is 6.54. The summed E-state index contributed by atoms with van der Waals surface area (Å²) in [5.74, 6) is 1.84. The van der Waals surface area contributed by atoms with Gasteiger partial charge in [-0.25, -0.2) is 0 Å². The topological polar surface area (TPSA) is 79.5 Å². The molecule has 1 heterocycles. The van der Waals surface area contributed by atoms with Crippen LogP contribution in [-0.2, 0) is 17.8 Å². The fraction of sp³-hybridized carbons (Fsp3) is 0.850. The summed E-state index contributed by atoms with van der Waals surface area (Å²) in [6.45, 7) is 7.19. The van der Waals surface area contributed by atoms with E-state index in [1.807, 2.05) is 18.7 Å². The monoisotopic (exact) mass is 361 g/mol. The average molecular weight is 361 g/mol. The third-order valence-electron chi connectivity index (χ3n) is 7.18. The second-order valence-corrected chi connectivity index (χ2v) is 9.14. The van der Waals surface area contributed by atoms with E-state index in [9.17, 15) is 9.90 Å². The number of rotatable bonds is 6. The molecule has 4 aliphatic carbocycles. The van der Waals surface area contributed by atoms with Crippen LogP contribution in [-0.4, -0.2) is 38.2 Å². The lowest BCUT2D eigenvalue weighted by molar-refractivity contribution is -0.210. The predicted octanol–water partition coefficient (Wildman–Crippen LogP) is 3.09. The normalized spacial score (nSPS) is 37.9. The summed E-state index contributed by atoms with van der Waals surface area (Å²) < 4.78 is 5.31. The van der Waals surface area contributed by atoms with E-state index in [1.54, 1.807) is 0 Å². The smallest absolute Gasteiger partial charge is 0.246 e. The van der Waals surface area contributed by atoms with Crippen molar-refractivity contribution >= 4 is 5.91 Å². The molecule has 4 bridgehead atoms. The first kappa shape index (κ1) is 18.0. The van der Waals surface area contributed by atoms with Crippen LogP contribution in [0.1, 0.15) is 77.4 Å². The number of aliphatic hydroxyl groups is 1. The van der Waals surface area contributed by atoms with Gasteiger partial charge in [0.05, 0.1) is 17.6 Å². The average Bonchev–Trinajstić information content (AvgIpc) is 3.04. The molecule has 144 valence electrons. The Balaban J connectivity index is 1.59. The van der Waals surface area contributed by atoms with Crippen molar-refractivity contribution in [1.82, 2.24) is 15.0 Å². The Bertz CT molecular complexity index is 704. The molecular formula is C20H31N3O3. The number of carbonyl (C=O) groups is 1. The van der Waals surface area contributed by atoms with Crippen LogP contribution in [0.25, 0.3) is 0 Å². The number of aromatic nitrogens is 2. The van der Waals surface area contributed by atoms with E-state index in [4.69, 9.17) is 4.52 Å². The van der Waals surface area contributed by atoms with E-state index < -0.39 is 11.0 Å². The Morgan fingerprint density at radius 1 is 1.23 bits per heavy atom. The molecule has 6 nitrogen and oxygen atoms in total. The van der Waals surface area contributed by atoms with Crippen LogP contribution in [0.3, 0.4) is 0 Å². The van der Waals surface area contributed by atoms with Crippen LogP contribution in [0.5, 0.6) is 0 Å². The molecule has 1 amide bonds. The molecule has 0 saturated heterocycles. The van der Waals surface area contributed by atoms with Gasteiger partial charge in [-0.05, 0) is 56.8 Å². The highest BCUT2D eigenvalue weighted by Gasteiger charge is 2.65. The van der Waals surface area contributed by atoms with Crippen molar-refractivity contribution in [2.75, 3.05) is 6.54 Å². The summed E-state index contributed by atoms with van der Waals surface area (Å²) in [5, 5.41) is 15.1. The zero-order valence-electron chi connectivity index (χ0n) is 16.3. The highest BCUT2D eigenvalue weighted by atomic mass is 16.5. The van der Waals surface area contributed by atoms with Crippen molar-refractivity contribution in [3.05, 3.63) is 11.7 Å². The highest BCUT2D eigenvalue weighted by molar-refractivity contribution is 5.83. The number of carbonyl (C=O) groups excluding carboxylic acids is 1. The Labute approximate surface area is 155 Å². The minimum absolute atomic E-state index is 0.142. The van der Waals surface area contributed by atoms with Gasteiger partial charge in [0.15, 0.2) is 5.82 Å². The van der Waals surface area contributed by atoms with Crippen LogP contribution >= 0.6 is 0 Å². The van der Waals surface area contributed by atoms with Crippen LogP contribution in [0, 0.1) is 16.7 Å². The molecule has 4 fully saturated rings. The zero-order valence-corrected chi connectivity index (χ0v) is 16.3. The molecule has 0 aromatic carbocycles. The molecular weight excluding hydrogens is 330 g/mol. The van der Waals surface area contributed by atoms with Crippen LogP contribution in [0.4, 0.5) is 0 Å². The van der Waals surface area contributed by atoms with E-state index in [0.29, 0.717) is 37.1 Å². The summed E-state index contributed by atoms with van der Waals surface area (Å²) in [6, 6.07) is 0. The van der Waals surface area contributed by atoms with Crippen molar-refractivity contribution in [3.8, 4) is 0 Å². The molecule has 5 rings (SSSR count). The van der Waals surface area contributed by atoms with E-state index in [-0.39, 0.29) is 11.3 Å². The van der Waals surface area contributed by atoms with Gasteiger partial charge in [0, 0.05) is 13.0 Å². The SMILES string of the molecule is CCc1noc(CN(CC)C(=O)C23CC4CC(O)(CC(CC)(C4)C2)C3)n1. The first-order valence-electron chi connectivity index (χ1n) is 10.2. The number of hydrogen-bond acceptors (Lipinski definition) is 5. The lowest BCUT2D eigenvalue weighted by Crippen LogP contribution is -2.64. The third kappa shape index (κ3) is 2.77. The quantitative estimate of drug-likeness (QED) is 0.842. The van der Waals surface area contributed by atoms with Crippen molar-refractivity contribution in [1.29, 1.82) is 0 Å². The Kier molecular flexibility index (Phi) is 4.17. The van der Waals surface area contributed by atoms with E-state index in [1.165, 1.54) is 6.42 Å². The molecule has 1 N–H and O–H groups in total. The molecule has 0 aliphatic heterocycles. The van der Waals surface area contributed by atoms with E-state index >= 15 is 0 Å². The van der Waals surface area contributed by atoms with Gasteiger partial charge in [0.25, 0.3) is 0 Å². The predicted molar refractivity (Wildman–Crippen MR) is 96.1 cm³/mol. The Morgan fingerprint density at radius 2 is 2.04 bits per heavy atom. The van der Waals surface area contributed by atoms with Gasteiger partial charge in [-0.15, -0.1) is 0 Å². The van der Waals surface area contributed by atoms with Gasteiger partial charge in [0.2, 0.25) is 11.8 Å². The molecule has 0 radical (unpaired) electrons. The lowest BCUT2D eigenvalue weighted by atomic mass is 9.42. The molecule has 4 atom stereocenters. The number of aryl methyl sites for hydroxylation is 1. The molecule has 4 aliphatic rings. The van der Waals surface area contributed by atoms with Gasteiger partial charge < -0.3 is 14.5 Å².